The molecule has 0 aromatic heterocycles. The first kappa shape index (κ1) is 15.8. The summed E-state index contributed by atoms with van der Waals surface area (Å²) in [7, 11) is -3.52. The van der Waals surface area contributed by atoms with E-state index < -0.39 is 16.2 Å². The van der Waals surface area contributed by atoms with Crippen molar-refractivity contribution < 1.29 is 12.6 Å². The van der Waals surface area contributed by atoms with E-state index >= 15 is 0 Å². The molecule has 114 valence electrons. The Morgan fingerprint density at radius 2 is 2.10 bits per heavy atom. The Bertz CT molecular complexity index is 614. The van der Waals surface area contributed by atoms with Crippen LogP contribution < -0.4 is 0 Å². The maximum atomic E-state index is 11.3. The number of hydrogen-bond acceptors (Lipinski definition) is 5. The molecule has 0 spiro atoms. The molecule has 2 atom stereocenters. The molecule has 1 saturated heterocycles. The minimum Gasteiger partial charge on any atom is -0.296 e. The Kier molecular flexibility index (Phi) is 5.19. The van der Waals surface area contributed by atoms with Gasteiger partial charge >= 0.3 is 0 Å². The highest BCUT2D eigenvalue weighted by atomic mass is 32.2. The summed E-state index contributed by atoms with van der Waals surface area (Å²) in [6, 6.07) is 9.93. The van der Waals surface area contributed by atoms with Crippen molar-refractivity contribution >= 4 is 10.1 Å². The van der Waals surface area contributed by atoms with E-state index in [4.69, 9.17) is 9.71 Å². The molecule has 0 N–H and O–H groups in total. The summed E-state index contributed by atoms with van der Waals surface area (Å²) < 4.78 is 27.8. The molecule has 1 aromatic rings. The molecule has 1 unspecified atom stereocenters. The second kappa shape index (κ2) is 6.91. The molecule has 0 radical (unpaired) electrons. The lowest BCUT2D eigenvalue weighted by Crippen LogP contribution is -2.27. The van der Waals surface area contributed by atoms with E-state index in [9.17, 15) is 8.42 Å². The van der Waals surface area contributed by atoms with Crippen molar-refractivity contribution in [2.75, 3.05) is 25.9 Å². The Morgan fingerprint density at radius 3 is 2.71 bits per heavy atom. The summed E-state index contributed by atoms with van der Waals surface area (Å²) in [5.74, 6) is -0.112. The molecule has 1 fully saturated rings. The van der Waals surface area contributed by atoms with E-state index in [-0.39, 0.29) is 12.5 Å². The van der Waals surface area contributed by atoms with Gasteiger partial charge in [0.2, 0.25) is 0 Å². The second-order valence-electron chi connectivity index (χ2n) is 5.19. The van der Waals surface area contributed by atoms with Crippen LogP contribution in [0.4, 0.5) is 0 Å². The topological polar surface area (TPSA) is 95.4 Å². The molecule has 1 heterocycles. The number of likely N-dealkylation sites (tertiary alicyclic amines) is 1. The van der Waals surface area contributed by atoms with Crippen molar-refractivity contribution in [3.8, 4) is 0 Å². The molecule has 0 bridgehead atoms. The van der Waals surface area contributed by atoms with Crippen LogP contribution in [-0.4, -0.2) is 45.3 Å². The molecule has 0 amide bonds. The van der Waals surface area contributed by atoms with Gasteiger partial charge in [0.15, 0.2) is 0 Å². The molecule has 0 saturated carbocycles. The summed E-state index contributed by atoms with van der Waals surface area (Å²) in [5.41, 5.74) is 9.59. The van der Waals surface area contributed by atoms with Crippen LogP contribution in [0.1, 0.15) is 5.56 Å². The van der Waals surface area contributed by atoms with E-state index in [1.54, 1.807) is 0 Å². The third kappa shape index (κ3) is 5.02. The van der Waals surface area contributed by atoms with Gasteiger partial charge < -0.3 is 0 Å². The summed E-state index contributed by atoms with van der Waals surface area (Å²) in [6.07, 6.45) is 0.575. The molecule has 0 aliphatic carbocycles. The number of nitrogens with zero attached hydrogens (tertiary/aromatic N) is 4. The first-order valence-corrected chi connectivity index (χ1v) is 8.45. The largest absolute Gasteiger partial charge is 0.296 e. The normalized spacial score (nSPS) is 22.9. The fraction of sp³-hybridized carbons (Fsp3) is 0.538. The summed E-state index contributed by atoms with van der Waals surface area (Å²) in [4.78, 5) is 4.85. The SMILES string of the molecule is CS(=O)(=O)O[C@@H]1CN(Cc2ccccc2)CC1CN=[N+]=[N-]. The highest BCUT2D eigenvalue weighted by Crippen LogP contribution is 2.23. The average molecular weight is 310 g/mol. The molecule has 2 rings (SSSR count). The van der Waals surface area contributed by atoms with Crippen LogP contribution in [0.3, 0.4) is 0 Å². The Morgan fingerprint density at radius 1 is 1.38 bits per heavy atom. The fourth-order valence-electron chi connectivity index (χ4n) is 2.55. The molecule has 1 aliphatic rings. The van der Waals surface area contributed by atoms with E-state index in [1.807, 2.05) is 30.3 Å². The minimum atomic E-state index is -3.52. The standard InChI is InChI=1S/C13H18N4O3S/c1-21(18,19)20-13-10-17(9-12(13)7-15-16-14)8-11-5-3-2-4-6-11/h2-6,12-13H,7-10H2,1H3/t12?,13-/m1/s1. The first-order valence-electron chi connectivity index (χ1n) is 6.63. The lowest BCUT2D eigenvalue weighted by Gasteiger charge is -2.15. The van der Waals surface area contributed by atoms with Crippen LogP contribution in [0.15, 0.2) is 35.4 Å². The van der Waals surface area contributed by atoms with E-state index in [0.717, 1.165) is 18.4 Å². The average Bonchev–Trinajstić information content (AvgIpc) is 2.77. The third-order valence-corrected chi connectivity index (χ3v) is 3.98. The molecule has 1 aliphatic heterocycles. The number of rotatable bonds is 6. The summed E-state index contributed by atoms with van der Waals surface area (Å²) >= 11 is 0. The van der Waals surface area contributed by atoms with Gasteiger partial charge in [0.05, 0.1) is 12.4 Å². The molecule has 8 heteroatoms. The molecule has 21 heavy (non-hydrogen) atoms. The van der Waals surface area contributed by atoms with Crippen molar-refractivity contribution in [2.45, 2.75) is 12.6 Å². The minimum absolute atomic E-state index is 0.112. The highest BCUT2D eigenvalue weighted by Gasteiger charge is 2.35. The molecular weight excluding hydrogens is 292 g/mol. The van der Waals surface area contributed by atoms with E-state index in [1.165, 1.54) is 0 Å². The van der Waals surface area contributed by atoms with Gasteiger partial charge in [0, 0.05) is 37.0 Å². The van der Waals surface area contributed by atoms with Crippen LogP contribution in [0.2, 0.25) is 0 Å². The zero-order chi connectivity index (χ0) is 15.3. The van der Waals surface area contributed by atoms with Gasteiger partial charge in [0.1, 0.15) is 0 Å². The van der Waals surface area contributed by atoms with Crippen LogP contribution in [0.25, 0.3) is 10.4 Å². The van der Waals surface area contributed by atoms with Crippen LogP contribution >= 0.6 is 0 Å². The van der Waals surface area contributed by atoms with E-state index in [2.05, 4.69) is 14.9 Å². The second-order valence-corrected chi connectivity index (χ2v) is 6.79. The number of benzene rings is 1. The van der Waals surface area contributed by atoms with Crippen LogP contribution in [0, 0.1) is 5.92 Å². The monoisotopic (exact) mass is 310 g/mol. The zero-order valence-corrected chi connectivity index (χ0v) is 12.6. The number of azide groups is 1. The van der Waals surface area contributed by atoms with Gasteiger partial charge in [-0.15, -0.1) is 0 Å². The van der Waals surface area contributed by atoms with E-state index in [0.29, 0.717) is 13.1 Å². The van der Waals surface area contributed by atoms with Gasteiger partial charge in [0.25, 0.3) is 10.1 Å². The quantitative estimate of drug-likeness (QED) is 0.346. The van der Waals surface area contributed by atoms with Crippen molar-refractivity contribution in [1.29, 1.82) is 0 Å². The van der Waals surface area contributed by atoms with Gasteiger partial charge in [-0.2, -0.15) is 8.42 Å². The molecule has 1 aromatic carbocycles. The summed E-state index contributed by atoms with van der Waals surface area (Å²) in [5, 5.41) is 3.55. The van der Waals surface area contributed by atoms with Crippen molar-refractivity contribution in [3.63, 3.8) is 0 Å². The van der Waals surface area contributed by atoms with Crippen molar-refractivity contribution in [3.05, 3.63) is 46.3 Å². The van der Waals surface area contributed by atoms with Gasteiger partial charge in [-0.3, -0.25) is 9.08 Å². The third-order valence-electron chi connectivity index (χ3n) is 3.38. The first-order chi connectivity index (χ1) is 9.98. The van der Waals surface area contributed by atoms with Gasteiger partial charge in [-0.05, 0) is 11.1 Å². The molecular formula is C13H18N4O3S. The van der Waals surface area contributed by atoms with Gasteiger partial charge in [-0.1, -0.05) is 35.4 Å². The molecule has 7 nitrogen and oxygen atoms in total. The maximum absolute atomic E-state index is 11.3. The highest BCUT2D eigenvalue weighted by molar-refractivity contribution is 7.86. The van der Waals surface area contributed by atoms with Crippen LogP contribution in [0.5, 0.6) is 0 Å². The Labute approximate surface area is 124 Å². The zero-order valence-electron chi connectivity index (χ0n) is 11.8. The van der Waals surface area contributed by atoms with Crippen molar-refractivity contribution in [2.24, 2.45) is 11.0 Å². The fourth-order valence-corrected chi connectivity index (χ4v) is 3.22. The lowest BCUT2D eigenvalue weighted by molar-refractivity contribution is 0.178. The predicted molar refractivity (Wildman–Crippen MR) is 78.9 cm³/mol. The van der Waals surface area contributed by atoms with Crippen molar-refractivity contribution in [1.82, 2.24) is 4.90 Å². The lowest BCUT2D eigenvalue weighted by atomic mass is 10.1. The Balaban J connectivity index is 2.04. The van der Waals surface area contributed by atoms with Gasteiger partial charge in [-0.25, -0.2) is 0 Å². The van der Waals surface area contributed by atoms with Crippen LogP contribution in [-0.2, 0) is 20.8 Å². The Hall–Kier alpha value is -1.60. The predicted octanol–water partition coefficient (Wildman–Crippen LogP) is 1.77. The number of hydrogen-bond donors (Lipinski definition) is 0. The smallest absolute Gasteiger partial charge is 0.264 e. The maximum Gasteiger partial charge on any atom is 0.264 e. The summed E-state index contributed by atoms with van der Waals surface area (Å²) in [6.45, 7) is 2.11.